The van der Waals surface area contributed by atoms with Gasteiger partial charge in [-0.2, -0.15) is 0 Å². The van der Waals surface area contributed by atoms with Crippen LogP contribution in [0, 0.1) is 0 Å². The quantitative estimate of drug-likeness (QED) is 0.0322. The molecule has 0 saturated heterocycles. The Morgan fingerprint density at radius 2 is 0.852 bits per heavy atom. The molecule has 0 saturated carbocycles. The molecule has 1 amide bonds. The molecule has 61 heavy (non-hydrogen) atoms. The summed E-state index contributed by atoms with van der Waals surface area (Å²) < 4.78 is 5.93. The van der Waals surface area contributed by atoms with E-state index in [-0.39, 0.29) is 24.9 Å². The van der Waals surface area contributed by atoms with Crippen molar-refractivity contribution in [3.63, 3.8) is 0 Å². The summed E-state index contributed by atoms with van der Waals surface area (Å²) in [7, 11) is 0. The first-order chi connectivity index (χ1) is 30.0. The standard InChI is InChI=1S/C55H103NO5/c1-4-7-10-13-16-19-22-24-26-27-28-29-32-34-37-40-43-46-51(61-55(60)48-45-42-39-36-31-21-18-15-12-9-6-3)49-54(59)56-52(50-57)53(58)47-44-41-38-35-33-30-25-23-20-17-14-11-8-5-2/h15-16,18-19,24,26,51-53,57-58H,4-14,17,20-23,25,27-50H2,1-3H3,(H,56,59)/b18-15-,19-16-,26-24-. The molecule has 0 bridgehead atoms. The van der Waals surface area contributed by atoms with Gasteiger partial charge >= 0.3 is 5.97 Å². The van der Waals surface area contributed by atoms with Crippen LogP contribution in [0.1, 0.15) is 278 Å². The van der Waals surface area contributed by atoms with E-state index >= 15 is 0 Å². The SMILES string of the molecule is CCCC/C=C\CCCCCCCC(=O)OC(CCCCCCCCC/C=C\C/C=C\CCCCC)CC(=O)NC(CO)C(O)CCCCCCCCCCCCCCCC. The van der Waals surface area contributed by atoms with E-state index in [1.165, 1.54) is 161 Å². The minimum Gasteiger partial charge on any atom is -0.462 e. The Morgan fingerprint density at radius 3 is 1.34 bits per heavy atom. The van der Waals surface area contributed by atoms with Crippen LogP contribution in [0.4, 0.5) is 0 Å². The monoisotopic (exact) mass is 858 g/mol. The number of hydrogen-bond donors (Lipinski definition) is 3. The van der Waals surface area contributed by atoms with Crippen LogP contribution in [0.3, 0.4) is 0 Å². The molecule has 0 aromatic carbocycles. The third-order valence-electron chi connectivity index (χ3n) is 12.2. The second kappa shape index (κ2) is 49.1. The van der Waals surface area contributed by atoms with Crippen molar-refractivity contribution in [1.82, 2.24) is 5.32 Å². The number of hydrogen-bond acceptors (Lipinski definition) is 5. The second-order valence-corrected chi connectivity index (χ2v) is 18.3. The topological polar surface area (TPSA) is 95.9 Å². The summed E-state index contributed by atoms with van der Waals surface area (Å²) >= 11 is 0. The molecule has 0 aliphatic carbocycles. The molecule has 0 aliphatic rings. The van der Waals surface area contributed by atoms with Crippen LogP contribution in [-0.2, 0) is 14.3 Å². The molecule has 0 aliphatic heterocycles. The number of amides is 1. The van der Waals surface area contributed by atoms with Crippen molar-refractivity contribution in [2.24, 2.45) is 0 Å². The highest BCUT2D eigenvalue weighted by Gasteiger charge is 2.24. The number of unbranched alkanes of at least 4 members (excludes halogenated alkanes) is 30. The molecule has 0 fully saturated rings. The third-order valence-corrected chi connectivity index (χ3v) is 12.2. The zero-order valence-electron chi connectivity index (χ0n) is 40.8. The first kappa shape index (κ1) is 59.1. The summed E-state index contributed by atoms with van der Waals surface area (Å²) in [5.41, 5.74) is 0. The van der Waals surface area contributed by atoms with Gasteiger partial charge in [0.2, 0.25) is 5.91 Å². The molecule has 0 radical (unpaired) electrons. The lowest BCUT2D eigenvalue weighted by molar-refractivity contribution is -0.151. The normalized spacial score (nSPS) is 13.5. The lowest BCUT2D eigenvalue weighted by Crippen LogP contribution is -2.46. The van der Waals surface area contributed by atoms with Crippen LogP contribution < -0.4 is 5.32 Å². The summed E-state index contributed by atoms with van der Waals surface area (Å²) in [6, 6.07) is -0.703. The van der Waals surface area contributed by atoms with Gasteiger partial charge in [-0.3, -0.25) is 9.59 Å². The molecule has 358 valence electrons. The first-order valence-electron chi connectivity index (χ1n) is 26.7. The number of allylic oxidation sites excluding steroid dienone is 6. The smallest absolute Gasteiger partial charge is 0.306 e. The van der Waals surface area contributed by atoms with Gasteiger partial charge in [0.1, 0.15) is 6.10 Å². The lowest BCUT2D eigenvalue weighted by Gasteiger charge is -2.24. The fourth-order valence-electron chi connectivity index (χ4n) is 8.09. The molecule has 3 atom stereocenters. The van der Waals surface area contributed by atoms with Crippen LogP contribution in [-0.4, -0.2) is 46.9 Å². The lowest BCUT2D eigenvalue weighted by atomic mass is 10.0. The fourth-order valence-corrected chi connectivity index (χ4v) is 8.09. The number of aliphatic hydroxyl groups is 2. The minimum absolute atomic E-state index is 0.0712. The Kier molecular flexibility index (Phi) is 47.6. The van der Waals surface area contributed by atoms with Crippen LogP contribution in [0.25, 0.3) is 0 Å². The Labute approximate surface area is 379 Å². The van der Waals surface area contributed by atoms with Gasteiger partial charge in [0.05, 0.1) is 25.2 Å². The molecule has 3 N–H and O–H groups in total. The molecule has 6 heteroatoms. The van der Waals surface area contributed by atoms with E-state index in [2.05, 4.69) is 62.5 Å². The largest absolute Gasteiger partial charge is 0.462 e. The van der Waals surface area contributed by atoms with E-state index in [1.54, 1.807) is 0 Å². The maximum Gasteiger partial charge on any atom is 0.306 e. The maximum absolute atomic E-state index is 13.2. The van der Waals surface area contributed by atoms with E-state index in [4.69, 9.17) is 4.74 Å². The van der Waals surface area contributed by atoms with Crippen molar-refractivity contribution in [1.29, 1.82) is 0 Å². The van der Waals surface area contributed by atoms with Crippen LogP contribution >= 0.6 is 0 Å². The average Bonchev–Trinajstić information content (AvgIpc) is 3.25. The van der Waals surface area contributed by atoms with Gasteiger partial charge in [-0.05, 0) is 77.0 Å². The maximum atomic E-state index is 13.2. The van der Waals surface area contributed by atoms with Crippen LogP contribution in [0.5, 0.6) is 0 Å². The summed E-state index contributed by atoms with van der Waals surface area (Å²) in [4.78, 5) is 26.1. The van der Waals surface area contributed by atoms with Gasteiger partial charge in [-0.15, -0.1) is 0 Å². The molecular formula is C55H103NO5. The van der Waals surface area contributed by atoms with Crippen molar-refractivity contribution in [3.8, 4) is 0 Å². The Bertz CT molecular complexity index is 1010. The number of esters is 1. The molecule has 0 rings (SSSR count). The summed E-state index contributed by atoms with van der Waals surface area (Å²) in [6.45, 7) is 6.43. The third kappa shape index (κ3) is 44.5. The first-order valence-corrected chi connectivity index (χ1v) is 26.7. The van der Waals surface area contributed by atoms with Gasteiger partial charge in [-0.25, -0.2) is 0 Å². The number of carbonyl (C=O) groups is 2. The van der Waals surface area contributed by atoms with E-state index in [0.717, 1.165) is 70.6 Å². The van der Waals surface area contributed by atoms with Crippen molar-refractivity contribution in [2.45, 2.75) is 296 Å². The molecular weight excluding hydrogens is 755 g/mol. The minimum atomic E-state index is -0.789. The molecule has 6 nitrogen and oxygen atoms in total. The number of nitrogens with one attached hydrogen (secondary N) is 1. The van der Waals surface area contributed by atoms with Gasteiger partial charge in [0.15, 0.2) is 0 Å². The second-order valence-electron chi connectivity index (χ2n) is 18.3. The highest BCUT2D eigenvalue weighted by molar-refractivity contribution is 5.77. The van der Waals surface area contributed by atoms with E-state index in [1.807, 2.05) is 0 Å². The number of carbonyl (C=O) groups excluding carboxylic acids is 2. The molecule has 0 aromatic heterocycles. The van der Waals surface area contributed by atoms with E-state index in [0.29, 0.717) is 19.3 Å². The predicted molar refractivity (Wildman–Crippen MR) is 264 cm³/mol. The highest BCUT2D eigenvalue weighted by atomic mass is 16.5. The highest BCUT2D eigenvalue weighted by Crippen LogP contribution is 2.18. The Morgan fingerprint density at radius 1 is 0.475 bits per heavy atom. The van der Waals surface area contributed by atoms with Crippen LogP contribution in [0.15, 0.2) is 36.5 Å². The summed E-state index contributed by atoms with van der Waals surface area (Å²) in [5, 5.41) is 23.8. The van der Waals surface area contributed by atoms with Crippen molar-refractivity contribution >= 4 is 11.9 Å². The van der Waals surface area contributed by atoms with Gasteiger partial charge in [0.25, 0.3) is 0 Å². The zero-order chi connectivity index (χ0) is 44.5. The summed E-state index contributed by atoms with van der Waals surface area (Å²) in [6.07, 6.45) is 57.7. The molecule has 0 spiro atoms. The number of ether oxygens (including phenoxy) is 1. The number of rotatable bonds is 48. The molecule has 3 unspecified atom stereocenters. The molecule has 0 heterocycles. The summed E-state index contributed by atoms with van der Waals surface area (Å²) in [5.74, 6) is -0.483. The average molecular weight is 858 g/mol. The Balaban J connectivity index is 4.56. The van der Waals surface area contributed by atoms with Gasteiger partial charge in [-0.1, -0.05) is 224 Å². The predicted octanol–water partition coefficient (Wildman–Crippen LogP) is 16.1. The van der Waals surface area contributed by atoms with Gasteiger partial charge in [0, 0.05) is 6.42 Å². The number of aliphatic hydroxyl groups excluding tert-OH is 2. The van der Waals surface area contributed by atoms with Crippen molar-refractivity contribution in [2.75, 3.05) is 6.61 Å². The van der Waals surface area contributed by atoms with E-state index < -0.39 is 18.2 Å². The van der Waals surface area contributed by atoms with E-state index in [9.17, 15) is 19.8 Å². The molecule has 0 aromatic rings. The fraction of sp³-hybridized carbons (Fsp3) is 0.855. The van der Waals surface area contributed by atoms with Crippen LogP contribution in [0.2, 0.25) is 0 Å². The zero-order valence-corrected chi connectivity index (χ0v) is 40.8. The Hall–Kier alpha value is -1.92. The van der Waals surface area contributed by atoms with Gasteiger partial charge < -0.3 is 20.3 Å². The van der Waals surface area contributed by atoms with Crippen molar-refractivity contribution in [3.05, 3.63) is 36.5 Å². The van der Waals surface area contributed by atoms with Crippen molar-refractivity contribution < 1.29 is 24.5 Å².